The van der Waals surface area contributed by atoms with E-state index < -0.39 is 5.97 Å². The number of hydrogen-bond donors (Lipinski definition) is 1. The van der Waals surface area contributed by atoms with Gasteiger partial charge in [0.05, 0.1) is 17.2 Å². The molecule has 1 heterocycles. The van der Waals surface area contributed by atoms with E-state index in [2.05, 4.69) is 6.07 Å². The van der Waals surface area contributed by atoms with Gasteiger partial charge in [-0.15, -0.1) is 0 Å². The number of benzene rings is 3. The zero-order valence-corrected chi connectivity index (χ0v) is 14.8. The van der Waals surface area contributed by atoms with Gasteiger partial charge in [0.25, 0.3) is 0 Å². The van der Waals surface area contributed by atoms with Gasteiger partial charge in [0.1, 0.15) is 11.3 Å². The molecule has 0 bridgehead atoms. The molecule has 4 nitrogen and oxygen atoms in total. The molecule has 0 aliphatic rings. The van der Waals surface area contributed by atoms with Gasteiger partial charge in [-0.2, -0.15) is 5.26 Å². The molecule has 1 aromatic heterocycles. The molecule has 4 aromatic rings. The van der Waals surface area contributed by atoms with E-state index in [1.165, 1.54) is 0 Å². The number of hydrogen-bond acceptors (Lipinski definition) is 3. The molecule has 4 heteroatoms. The molecule has 0 aliphatic carbocycles. The third-order valence-corrected chi connectivity index (χ3v) is 4.47. The van der Waals surface area contributed by atoms with Crippen molar-refractivity contribution in [2.24, 2.45) is 0 Å². The van der Waals surface area contributed by atoms with Crippen LogP contribution in [-0.2, 0) is 0 Å². The third-order valence-electron chi connectivity index (χ3n) is 4.47. The summed E-state index contributed by atoms with van der Waals surface area (Å²) in [4.78, 5) is 10.9. The minimum absolute atomic E-state index is 0.272. The standard InChI is InChI=1S/C24H15NO3/c25-15-18-7-12-22-21(13-18)14-23(28-22)19-8-3-16(4-9-19)1-2-17-5-10-20(11-6-17)24(26)27/h1-14H,(H,26,27). The van der Waals surface area contributed by atoms with Crippen LogP contribution in [0.1, 0.15) is 27.0 Å². The molecule has 28 heavy (non-hydrogen) atoms. The monoisotopic (exact) mass is 365 g/mol. The Balaban J connectivity index is 1.53. The highest BCUT2D eigenvalue weighted by Crippen LogP contribution is 2.28. The number of carbonyl (C=O) groups is 1. The van der Waals surface area contributed by atoms with Crippen molar-refractivity contribution in [2.45, 2.75) is 0 Å². The lowest BCUT2D eigenvalue weighted by molar-refractivity contribution is 0.0697. The van der Waals surface area contributed by atoms with Crippen LogP contribution in [0.4, 0.5) is 0 Å². The highest BCUT2D eigenvalue weighted by Gasteiger charge is 2.07. The summed E-state index contributed by atoms with van der Waals surface area (Å²) in [5.74, 6) is -0.176. The average molecular weight is 365 g/mol. The van der Waals surface area contributed by atoms with E-state index in [1.54, 1.807) is 30.3 Å². The largest absolute Gasteiger partial charge is 0.478 e. The number of carboxylic acids is 1. The Morgan fingerprint density at radius 2 is 1.54 bits per heavy atom. The Bertz CT molecular complexity index is 1220. The first-order chi connectivity index (χ1) is 13.6. The Labute approximate surface area is 161 Å². The van der Waals surface area contributed by atoms with Gasteiger partial charge >= 0.3 is 5.97 Å². The minimum Gasteiger partial charge on any atom is -0.478 e. The summed E-state index contributed by atoms with van der Waals surface area (Å²) in [6.07, 6.45) is 3.91. The molecule has 3 aromatic carbocycles. The summed E-state index contributed by atoms with van der Waals surface area (Å²) in [7, 11) is 0. The van der Waals surface area contributed by atoms with Crippen LogP contribution in [0, 0.1) is 11.3 Å². The zero-order chi connectivity index (χ0) is 19.5. The van der Waals surface area contributed by atoms with Gasteiger partial charge in [0, 0.05) is 10.9 Å². The molecular formula is C24H15NO3. The first kappa shape index (κ1) is 17.3. The molecule has 0 saturated carbocycles. The fourth-order valence-electron chi connectivity index (χ4n) is 2.94. The van der Waals surface area contributed by atoms with Gasteiger partial charge in [-0.05, 0) is 47.5 Å². The van der Waals surface area contributed by atoms with Gasteiger partial charge < -0.3 is 9.52 Å². The maximum atomic E-state index is 10.9. The Morgan fingerprint density at radius 3 is 2.14 bits per heavy atom. The number of aromatic carboxylic acids is 1. The van der Waals surface area contributed by atoms with Crippen molar-refractivity contribution in [1.82, 2.24) is 0 Å². The van der Waals surface area contributed by atoms with Gasteiger partial charge in [-0.3, -0.25) is 0 Å². The van der Waals surface area contributed by atoms with Crippen LogP contribution < -0.4 is 0 Å². The van der Waals surface area contributed by atoms with Crippen molar-refractivity contribution in [1.29, 1.82) is 5.26 Å². The van der Waals surface area contributed by atoms with Crippen LogP contribution in [0.15, 0.2) is 77.2 Å². The average Bonchev–Trinajstić information content (AvgIpc) is 3.16. The molecule has 0 saturated heterocycles. The summed E-state index contributed by atoms with van der Waals surface area (Å²) in [6.45, 7) is 0. The lowest BCUT2D eigenvalue weighted by atomic mass is 10.1. The van der Waals surface area contributed by atoms with Gasteiger partial charge in [-0.1, -0.05) is 48.6 Å². The van der Waals surface area contributed by atoms with Crippen LogP contribution in [-0.4, -0.2) is 11.1 Å². The van der Waals surface area contributed by atoms with E-state index in [1.807, 2.05) is 54.6 Å². The molecule has 0 unspecified atom stereocenters. The maximum absolute atomic E-state index is 10.9. The first-order valence-corrected chi connectivity index (χ1v) is 8.68. The van der Waals surface area contributed by atoms with Crippen molar-refractivity contribution in [3.8, 4) is 17.4 Å². The highest BCUT2D eigenvalue weighted by atomic mass is 16.4. The zero-order valence-electron chi connectivity index (χ0n) is 14.8. The number of carboxylic acid groups (broad SMARTS) is 1. The Kier molecular flexibility index (Phi) is 4.49. The van der Waals surface area contributed by atoms with Crippen molar-refractivity contribution in [3.63, 3.8) is 0 Å². The second-order valence-corrected chi connectivity index (χ2v) is 6.36. The predicted octanol–water partition coefficient (Wildman–Crippen LogP) is 5.84. The summed E-state index contributed by atoms with van der Waals surface area (Å²) in [6, 6.07) is 24.1. The molecule has 0 aliphatic heterocycles. The summed E-state index contributed by atoms with van der Waals surface area (Å²) in [5, 5.41) is 18.9. The van der Waals surface area contributed by atoms with Gasteiger partial charge in [0.2, 0.25) is 0 Å². The number of nitriles is 1. The van der Waals surface area contributed by atoms with Crippen molar-refractivity contribution < 1.29 is 14.3 Å². The van der Waals surface area contributed by atoms with E-state index in [0.717, 1.165) is 33.4 Å². The second kappa shape index (κ2) is 7.26. The topological polar surface area (TPSA) is 74.2 Å². The normalized spacial score (nSPS) is 11.0. The SMILES string of the molecule is N#Cc1ccc2oc(-c3ccc(C=Cc4ccc(C(=O)O)cc4)cc3)cc2c1. The molecule has 1 N–H and O–H groups in total. The molecule has 0 amide bonds. The molecular weight excluding hydrogens is 350 g/mol. The van der Waals surface area contributed by atoms with E-state index in [0.29, 0.717) is 5.56 Å². The minimum atomic E-state index is -0.930. The quantitative estimate of drug-likeness (QED) is 0.461. The fraction of sp³-hybridized carbons (Fsp3) is 0. The maximum Gasteiger partial charge on any atom is 0.335 e. The predicted molar refractivity (Wildman–Crippen MR) is 109 cm³/mol. The van der Waals surface area contributed by atoms with Crippen LogP contribution >= 0.6 is 0 Å². The Morgan fingerprint density at radius 1 is 0.893 bits per heavy atom. The van der Waals surface area contributed by atoms with E-state index in [9.17, 15) is 4.79 Å². The second-order valence-electron chi connectivity index (χ2n) is 6.36. The number of rotatable bonds is 4. The molecule has 0 radical (unpaired) electrons. The summed E-state index contributed by atoms with van der Waals surface area (Å²) >= 11 is 0. The Hall–Kier alpha value is -4.10. The third kappa shape index (κ3) is 3.55. The van der Waals surface area contributed by atoms with E-state index in [-0.39, 0.29) is 5.56 Å². The first-order valence-electron chi connectivity index (χ1n) is 8.68. The molecule has 0 spiro atoms. The number of fused-ring (bicyclic) bond motifs is 1. The van der Waals surface area contributed by atoms with Crippen LogP contribution in [0.2, 0.25) is 0 Å². The van der Waals surface area contributed by atoms with Crippen LogP contribution in [0.25, 0.3) is 34.4 Å². The fourth-order valence-corrected chi connectivity index (χ4v) is 2.94. The summed E-state index contributed by atoms with van der Waals surface area (Å²) in [5.41, 5.74) is 4.54. The van der Waals surface area contributed by atoms with Crippen LogP contribution in [0.3, 0.4) is 0 Å². The van der Waals surface area contributed by atoms with E-state index >= 15 is 0 Å². The lowest BCUT2D eigenvalue weighted by Gasteiger charge is -1.99. The molecule has 4 rings (SSSR count). The number of furan rings is 1. The molecule has 0 fully saturated rings. The smallest absolute Gasteiger partial charge is 0.335 e. The van der Waals surface area contributed by atoms with Gasteiger partial charge in [-0.25, -0.2) is 4.79 Å². The highest BCUT2D eigenvalue weighted by molar-refractivity contribution is 5.88. The molecule has 134 valence electrons. The number of nitrogens with zero attached hydrogens (tertiary/aromatic N) is 1. The van der Waals surface area contributed by atoms with Gasteiger partial charge in [0.15, 0.2) is 0 Å². The van der Waals surface area contributed by atoms with Crippen molar-refractivity contribution in [2.75, 3.05) is 0 Å². The summed E-state index contributed by atoms with van der Waals surface area (Å²) < 4.78 is 5.88. The molecule has 0 atom stereocenters. The van der Waals surface area contributed by atoms with Crippen molar-refractivity contribution in [3.05, 3.63) is 95.1 Å². The van der Waals surface area contributed by atoms with Crippen LogP contribution in [0.5, 0.6) is 0 Å². The van der Waals surface area contributed by atoms with Crippen molar-refractivity contribution >= 4 is 29.1 Å². The lowest BCUT2D eigenvalue weighted by Crippen LogP contribution is -1.94. The van der Waals surface area contributed by atoms with E-state index in [4.69, 9.17) is 14.8 Å².